The Morgan fingerprint density at radius 1 is 1.29 bits per heavy atom. The Hall–Kier alpha value is -1.04. The maximum Gasteiger partial charge on any atom is 0.159 e. The van der Waals surface area contributed by atoms with E-state index in [9.17, 15) is 8.78 Å². The lowest BCUT2D eigenvalue weighted by molar-refractivity contribution is -0.00513. The molecule has 1 heterocycles. The van der Waals surface area contributed by atoms with Gasteiger partial charge in [0.15, 0.2) is 11.6 Å². The van der Waals surface area contributed by atoms with E-state index in [1.54, 1.807) is 6.07 Å². The summed E-state index contributed by atoms with van der Waals surface area (Å²) in [5.41, 5.74) is 0.800. The summed E-state index contributed by atoms with van der Waals surface area (Å²) in [5.74, 6) is -1.59. The van der Waals surface area contributed by atoms with Gasteiger partial charge in [-0.3, -0.25) is 4.90 Å². The van der Waals surface area contributed by atoms with Crippen LogP contribution in [0.1, 0.15) is 37.8 Å². The molecule has 1 unspecified atom stereocenters. The number of halogens is 2. The van der Waals surface area contributed by atoms with Crippen LogP contribution in [0.5, 0.6) is 0 Å². The topological polar surface area (TPSA) is 32.7 Å². The van der Waals surface area contributed by atoms with Crippen molar-refractivity contribution < 1.29 is 18.6 Å². The first-order chi connectivity index (χ1) is 10.1. The second-order valence-corrected chi connectivity index (χ2v) is 5.53. The quantitative estimate of drug-likeness (QED) is 0.820. The summed E-state index contributed by atoms with van der Waals surface area (Å²) in [4.78, 5) is 2.26. The Balaban J connectivity index is 1.85. The average molecular weight is 299 g/mol. The highest BCUT2D eigenvalue weighted by atomic mass is 19.2. The number of ether oxygens (including phenoxy) is 1. The molecule has 0 aliphatic carbocycles. The van der Waals surface area contributed by atoms with E-state index in [0.717, 1.165) is 31.5 Å². The van der Waals surface area contributed by atoms with Crippen LogP contribution in [0.2, 0.25) is 0 Å². The minimum Gasteiger partial charge on any atom is -0.396 e. The monoisotopic (exact) mass is 299 g/mol. The molecule has 5 heteroatoms. The van der Waals surface area contributed by atoms with Crippen LogP contribution in [0.15, 0.2) is 18.2 Å². The molecule has 0 saturated carbocycles. The van der Waals surface area contributed by atoms with Crippen molar-refractivity contribution in [3.63, 3.8) is 0 Å². The number of likely N-dealkylation sites (tertiary alicyclic amines) is 1. The van der Waals surface area contributed by atoms with Crippen molar-refractivity contribution in [1.29, 1.82) is 0 Å². The Kier molecular flexibility index (Phi) is 6.08. The standard InChI is InChI=1S/C16H23F2NO2/c1-12(13-3-4-15(17)16(18)11-13)19-7-5-14(6-8-19)21-10-2-9-20/h3-4,11-12,14,20H,2,5-10H2,1H3. The number of benzene rings is 1. The molecule has 1 aliphatic rings. The fourth-order valence-corrected chi connectivity index (χ4v) is 2.73. The highest BCUT2D eigenvalue weighted by Gasteiger charge is 2.24. The zero-order chi connectivity index (χ0) is 15.2. The number of nitrogens with zero attached hydrogens (tertiary/aromatic N) is 1. The molecule has 0 aromatic heterocycles. The highest BCUT2D eigenvalue weighted by Crippen LogP contribution is 2.26. The van der Waals surface area contributed by atoms with Gasteiger partial charge in [0.2, 0.25) is 0 Å². The van der Waals surface area contributed by atoms with Gasteiger partial charge in [-0.25, -0.2) is 8.78 Å². The highest BCUT2D eigenvalue weighted by molar-refractivity contribution is 5.21. The lowest BCUT2D eigenvalue weighted by Crippen LogP contribution is -2.38. The Morgan fingerprint density at radius 3 is 2.62 bits per heavy atom. The first-order valence-corrected chi connectivity index (χ1v) is 7.53. The number of aliphatic hydroxyl groups is 1. The third-order valence-electron chi connectivity index (χ3n) is 4.11. The van der Waals surface area contributed by atoms with Crippen molar-refractivity contribution in [2.75, 3.05) is 26.3 Å². The van der Waals surface area contributed by atoms with Gasteiger partial charge >= 0.3 is 0 Å². The van der Waals surface area contributed by atoms with Gasteiger partial charge in [0.1, 0.15) is 0 Å². The molecule has 2 rings (SSSR count). The van der Waals surface area contributed by atoms with Crippen LogP contribution in [0.25, 0.3) is 0 Å². The molecule has 1 atom stereocenters. The first kappa shape index (κ1) is 16.3. The van der Waals surface area contributed by atoms with Gasteiger partial charge in [0.25, 0.3) is 0 Å². The van der Waals surface area contributed by atoms with Gasteiger partial charge in [-0.1, -0.05) is 6.07 Å². The first-order valence-electron chi connectivity index (χ1n) is 7.53. The summed E-state index contributed by atoms with van der Waals surface area (Å²) < 4.78 is 32.0. The van der Waals surface area contributed by atoms with Crippen molar-refractivity contribution in [3.05, 3.63) is 35.4 Å². The molecule has 1 aromatic carbocycles. The smallest absolute Gasteiger partial charge is 0.159 e. The second kappa shape index (κ2) is 7.82. The molecule has 21 heavy (non-hydrogen) atoms. The molecule has 1 fully saturated rings. The third-order valence-corrected chi connectivity index (χ3v) is 4.11. The molecule has 118 valence electrons. The fourth-order valence-electron chi connectivity index (χ4n) is 2.73. The van der Waals surface area contributed by atoms with Crippen LogP contribution in [0, 0.1) is 11.6 Å². The van der Waals surface area contributed by atoms with E-state index >= 15 is 0 Å². The molecular formula is C16H23F2NO2. The summed E-state index contributed by atoms with van der Waals surface area (Å²) in [6.07, 6.45) is 2.77. The summed E-state index contributed by atoms with van der Waals surface area (Å²) in [7, 11) is 0. The summed E-state index contributed by atoms with van der Waals surface area (Å²) in [5, 5.41) is 8.73. The maximum atomic E-state index is 13.3. The van der Waals surface area contributed by atoms with Crippen molar-refractivity contribution in [2.45, 2.75) is 38.3 Å². The van der Waals surface area contributed by atoms with Gasteiger partial charge < -0.3 is 9.84 Å². The van der Waals surface area contributed by atoms with Crippen molar-refractivity contribution >= 4 is 0 Å². The summed E-state index contributed by atoms with van der Waals surface area (Å²) in [6.45, 7) is 4.53. The predicted octanol–water partition coefficient (Wildman–Crippen LogP) is 2.89. The normalized spacial score (nSPS) is 18.9. The van der Waals surface area contributed by atoms with E-state index in [-0.39, 0.29) is 18.8 Å². The second-order valence-electron chi connectivity index (χ2n) is 5.53. The number of piperidine rings is 1. The molecule has 1 aliphatic heterocycles. The van der Waals surface area contributed by atoms with Crippen LogP contribution < -0.4 is 0 Å². The zero-order valence-corrected chi connectivity index (χ0v) is 12.4. The molecule has 0 spiro atoms. The Labute approximate surface area is 124 Å². The zero-order valence-electron chi connectivity index (χ0n) is 12.4. The number of rotatable bonds is 6. The van der Waals surface area contributed by atoms with Crippen LogP contribution in [0.3, 0.4) is 0 Å². The predicted molar refractivity (Wildman–Crippen MR) is 77.0 cm³/mol. The fraction of sp³-hybridized carbons (Fsp3) is 0.625. The van der Waals surface area contributed by atoms with Crippen LogP contribution in [0.4, 0.5) is 8.78 Å². The maximum absolute atomic E-state index is 13.3. The third kappa shape index (κ3) is 4.46. The molecule has 0 bridgehead atoms. The van der Waals surface area contributed by atoms with Gasteiger partial charge in [-0.15, -0.1) is 0 Å². The van der Waals surface area contributed by atoms with Crippen LogP contribution in [-0.2, 0) is 4.74 Å². The molecule has 1 N–H and O–H groups in total. The number of hydrogen-bond donors (Lipinski definition) is 1. The lowest BCUT2D eigenvalue weighted by atomic mass is 10.0. The molecule has 3 nitrogen and oxygen atoms in total. The van der Waals surface area contributed by atoms with Gasteiger partial charge in [-0.2, -0.15) is 0 Å². The van der Waals surface area contributed by atoms with E-state index < -0.39 is 11.6 Å². The van der Waals surface area contributed by atoms with Crippen molar-refractivity contribution in [1.82, 2.24) is 4.90 Å². The molecule has 1 aromatic rings. The molecule has 1 saturated heterocycles. The van der Waals surface area contributed by atoms with Gasteiger partial charge in [0, 0.05) is 32.3 Å². The summed E-state index contributed by atoms with van der Waals surface area (Å²) in [6, 6.07) is 4.18. The minimum atomic E-state index is -0.804. The van der Waals surface area contributed by atoms with E-state index in [0.29, 0.717) is 13.0 Å². The van der Waals surface area contributed by atoms with Crippen LogP contribution >= 0.6 is 0 Å². The van der Waals surface area contributed by atoms with Gasteiger partial charge in [0.05, 0.1) is 6.10 Å². The molecule has 0 radical (unpaired) electrons. The Bertz CT molecular complexity index is 448. The van der Waals surface area contributed by atoms with Gasteiger partial charge in [-0.05, 0) is 43.9 Å². The van der Waals surface area contributed by atoms with E-state index in [1.165, 1.54) is 12.1 Å². The van der Waals surface area contributed by atoms with E-state index in [2.05, 4.69) is 4.90 Å². The average Bonchev–Trinajstić information content (AvgIpc) is 2.50. The summed E-state index contributed by atoms with van der Waals surface area (Å²) >= 11 is 0. The minimum absolute atomic E-state index is 0.0680. The largest absolute Gasteiger partial charge is 0.396 e. The lowest BCUT2D eigenvalue weighted by Gasteiger charge is -2.36. The van der Waals surface area contributed by atoms with Crippen molar-refractivity contribution in [2.24, 2.45) is 0 Å². The SMILES string of the molecule is CC(c1ccc(F)c(F)c1)N1CCC(OCCCO)CC1. The molecule has 0 amide bonds. The van der Waals surface area contributed by atoms with Crippen LogP contribution in [-0.4, -0.2) is 42.4 Å². The van der Waals surface area contributed by atoms with E-state index in [4.69, 9.17) is 9.84 Å². The number of hydrogen-bond acceptors (Lipinski definition) is 3. The molecular weight excluding hydrogens is 276 g/mol. The number of aliphatic hydroxyl groups excluding tert-OH is 1. The van der Waals surface area contributed by atoms with E-state index in [1.807, 2.05) is 6.92 Å². The Morgan fingerprint density at radius 2 is 2.00 bits per heavy atom. The van der Waals surface area contributed by atoms with Crippen molar-refractivity contribution in [3.8, 4) is 0 Å².